The summed E-state index contributed by atoms with van der Waals surface area (Å²) in [5, 5.41) is 3.34. The molecule has 0 aliphatic carbocycles. The molecule has 2 aromatic carbocycles. The van der Waals surface area contributed by atoms with Crippen molar-refractivity contribution in [2.45, 2.75) is 20.0 Å². The lowest BCUT2D eigenvalue weighted by Crippen LogP contribution is -2.30. The predicted molar refractivity (Wildman–Crippen MR) is 81.3 cm³/mol. The second-order valence-electron chi connectivity index (χ2n) is 4.62. The molecule has 1 amide bonds. The standard InChI is InChI=1S/C16H15ClFNO2/c1-10-14(17)4-3-5-15(10)19-16(20)11(2)21-13-8-6-12(18)7-9-13/h3-9,11H,1-2H3,(H,19,20)/t11-/m0/s1. The highest BCUT2D eigenvalue weighted by atomic mass is 35.5. The van der Waals surface area contributed by atoms with Crippen molar-refractivity contribution in [3.8, 4) is 5.75 Å². The Morgan fingerprint density at radius 1 is 1.24 bits per heavy atom. The van der Waals surface area contributed by atoms with Crippen LogP contribution in [-0.2, 0) is 4.79 Å². The number of hydrogen-bond acceptors (Lipinski definition) is 2. The van der Waals surface area contributed by atoms with Gasteiger partial charge in [-0.05, 0) is 55.8 Å². The van der Waals surface area contributed by atoms with Crippen LogP contribution in [0.15, 0.2) is 42.5 Å². The van der Waals surface area contributed by atoms with Crippen molar-refractivity contribution in [2.24, 2.45) is 0 Å². The molecule has 0 aliphatic rings. The number of halogens is 2. The summed E-state index contributed by atoms with van der Waals surface area (Å²) in [4.78, 5) is 12.1. The van der Waals surface area contributed by atoms with E-state index >= 15 is 0 Å². The lowest BCUT2D eigenvalue weighted by molar-refractivity contribution is -0.122. The Labute approximate surface area is 127 Å². The minimum absolute atomic E-state index is 0.301. The number of carbonyl (C=O) groups excluding carboxylic acids is 1. The summed E-state index contributed by atoms with van der Waals surface area (Å²) in [6.45, 7) is 3.45. The number of amides is 1. The number of carbonyl (C=O) groups is 1. The molecule has 2 rings (SSSR count). The number of nitrogens with one attached hydrogen (secondary N) is 1. The van der Waals surface area contributed by atoms with Crippen LogP contribution in [0.2, 0.25) is 5.02 Å². The van der Waals surface area contributed by atoms with E-state index in [1.54, 1.807) is 25.1 Å². The largest absolute Gasteiger partial charge is 0.481 e. The van der Waals surface area contributed by atoms with Crippen LogP contribution in [0.4, 0.5) is 10.1 Å². The van der Waals surface area contributed by atoms with Crippen LogP contribution < -0.4 is 10.1 Å². The van der Waals surface area contributed by atoms with Gasteiger partial charge in [0.2, 0.25) is 0 Å². The van der Waals surface area contributed by atoms with Crippen molar-refractivity contribution >= 4 is 23.2 Å². The highest BCUT2D eigenvalue weighted by molar-refractivity contribution is 6.31. The van der Waals surface area contributed by atoms with Crippen LogP contribution >= 0.6 is 11.6 Å². The first kappa shape index (κ1) is 15.3. The molecule has 1 atom stereocenters. The molecule has 1 N–H and O–H groups in total. The molecule has 0 saturated carbocycles. The van der Waals surface area contributed by atoms with Crippen LogP contribution in [-0.4, -0.2) is 12.0 Å². The normalized spacial score (nSPS) is 11.8. The van der Waals surface area contributed by atoms with Gasteiger partial charge in [0.05, 0.1) is 0 Å². The van der Waals surface area contributed by atoms with Gasteiger partial charge in [-0.2, -0.15) is 0 Å². The van der Waals surface area contributed by atoms with E-state index in [2.05, 4.69) is 5.32 Å². The summed E-state index contributed by atoms with van der Waals surface area (Å²) < 4.78 is 18.3. The topological polar surface area (TPSA) is 38.3 Å². The van der Waals surface area contributed by atoms with Gasteiger partial charge >= 0.3 is 0 Å². The maximum atomic E-state index is 12.8. The monoisotopic (exact) mass is 307 g/mol. The molecule has 0 bridgehead atoms. The Morgan fingerprint density at radius 3 is 2.57 bits per heavy atom. The third-order valence-corrected chi connectivity index (χ3v) is 3.43. The summed E-state index contributed by atoms with van der Waals surface area (Å²) in [6.07, 6.45) is -0.714. The van der Waals surface area contributed by atoms with E-state index in [4.69, 9.17) is 16.3 Å². The fraction of sp³-hybridized carbons (Fsp3) is 0.188. The molecule has 110 valence electrons. The second-order valence-corrected chi connectivity index (χ2v) is 5.02. The van der Waals surface area contributed by atoms with E-state index in [0.29, 0.717) is 16.5 Å². The summed E-state index contributed by atoms with van der Waals surface area (Å²) in [6, 6.07) is 10.8. The molecule has 0 radical (unpaired) electrons. The maximum Gasteiger partial charge on any atom is 0.265 e. The zero-order valence-electron chi connectivity index (χ0n) is 11.7. The van der Waals surface area contributed by atoms with Gasteiger partial charge in [0, 0.05) is 10.7 Å². The van der Waals surface area contributed by atoms with E-state index in [-0.39, 0.29) is 11.7 Å². The number of benzene rings is 2. The molecule has 0 aliphatic heterocycles. The number of ether oxygens (including phenoxy) is 1. The molecule has 0 spiro atoms. The lowest BCUT2D eigenvalue weighted by Gasteiger charge is -2.16. The molecular weight excluding hydrogens is 293 g/mol. The van der Waals surface area contributed by atoms with E-state index in [1.807, 2.05) is 6.92 Å². The average molecular weight is 308 g/mol. The fourth-order valence-corrected chi connectivity index (χ4v) is 1.92. The zero-order valence-corrected chi connectivity index (χ0v) is 12.4. The molecule has 0 fully saturated rings. The van der Waals surface area contributed by atoms with E-state index in [9.17, 15) is 9.18 Å². The molecule has 0 unspecified atom stereocenters. The van der Waals surface area contributed by atoms with Crippen LogP contribution in [0, 0.1) is 12.7 Å². The Morgan fingerprint density at radius 2 is 1.90 bits per heavy atom. The summed E-state index contributed by atoms with van der Waals surface area (Å²) in [5.74, 6) is -0.222. The van der Waals surface area contributed by atoms with Crippen molar-refractivity contribution in [2.75, 3.05) is 5.32 Å². The van der Waals surface area contributed by atoms with Gasteiger partial charge in [-0.3, -0.25) is 4.79 Å². The molecule has 3 nitrogen and oxygen atoms in total. The van der Waals surface area contributed by atoms with E-state index < -0.39 is 6.10 Å². The van der Waals surface area contributed by atoms with Crippen LogP contribution in [0.5, 0.6) is 5.75 Å². The number of rotatable bonds is 4. The minimum Gasteiger partial charge on any atom is -0.481 e. The average Bonchev–Trinajstić information content (AvgIpc) is 2.46. The van der Waals surface area contributed by atoms with Crippen molar-refractivity contribution in [1.82, 2.24) is 0 Å². The summed E-state index contributed by atoms with van der Waals surface area (Å²) >= 11 is 6.00. The second kappa shape index (κ2) is 6.59. The molecule has 0 aromatic heterocycles. The third-order valence-electron chi connectivity index (χ3n) is 3.02. The first-order valence-electron chi connectivity index (χ1n) is 6.45. The van der Waals surface area contributed by atoms with E-state index in [1.165, 1.54) is 24.3 Å². The Kier molecular flexibility index (Phi) is 4.81. The quantitative estimate of drug-likeness (QED) is 0.919. The van der Waals surface area contributed by atoms with Crippen molar-refractivity contribution in [3.05, 3.63) is 58.9 Å². The van der Waals surface area contributed by atoms with Gasteiger partial charge < -0.3 is 10.1 Å². The van der Waals surface area contributed by atoms with Gasteiger partial charge in [0.1, 0.15) is 11.6 Å². The lowest BCUT2D eigenvalue weighted by atomic mass is 10.2. The fourth-order valence-electron chi connectivity index (χ4n) is 1.75. The first-order valence-corrected chi connectivity index (χ1v) is 6.83. The highest BCUT2D eigenvalue weighted by Crippen LogP contribution is 2.23. The molecular formula is C16H15ClFNO2. The summed E-state index contributed by atoms with van der Waals surface area (Å²) in [5.41, 5.74) is 1.43. The molecule has 21 heavy (non-hydrogen) atoms. The Balaban J connectivity index is 2.02. The van der Waals surface area contributed by atoms with Gasteiger partial charge in [-0.15, -0.1) is 0 Å². The predicted octanol–water partition coefficient (Wildman–Crippen LogP) is 4.19. The number of anilines is 1. The zero-order chi connectivity index (χ0) is 15.4. The van der Waals surface area contributed by atoms with Crippen LogP contribution in [0.25, 0.3) is 0 Å². The molecule has 0 heterocycles. The van der Waals surface area contributed by atoms with Gasteiger partial charge in [-0.25, -0.2) is 4.39 Å². The van der Waals surface area contributed by atoms with E-state index in [0.717, 1.165) is 5.56 Å². The molecule has 5 heteroatoms. The van der Waals surface area contributed by atoms with Crippen molar-refractivity contribution in [3.63, 3.8) is 0 Å². The van der Waals surface area contributed by atoms with Gasteiger partial charge in [-0.1, -0.05) is 17.7 Å². The third kappa shape index (κ3) is 3.95. The smallest absolute Gasteiger partial charge is 0.265 e. The first-order chi connectivity index (χ1) is 9.97. The maximum absolute atomic E-state index is 12.8. The summed E-state index contributed by atoms with van der Waals surface area (Å²) in [7, 11) is 0. The van der Waals surface area contributed by atoms with Gasteiger partial charge in [0.25, 0.3) is 5.91 Å². The van der Waals surface area contributed by atoms with Crippen LogP contribution in [0.1, 0.15) is 12.5 Å². The number of hydrogen-bond donors (Lipinski definition) is 1. The van der Waals surface area contributed by atoms with Crippen molar-refractivity contribution < 1.29 is 13.9 Å². The van der Waals surface area contributed by atoms with Crippen molar-refractivity contribution in [1.29, 1.82) is 0 Å². The minimum atomic E-state index is -0.714. The molecule has 2 aromatic rings. The Bertz CT molecular complexity index is 643. The SMILES string of the molecule is Cc1c(Cl)cccc1NC(=O)[C@H](C)Oc1ccc(F)cc1. The molecule has 0 saturated heterocycles. The van der Waals surface area contributed by atoms with Crippen LogP contribution in [0.3, 0.4) is 0 Å². The Hall–Kier alpha value is -2.07. The highest BCUT2D eigenvalue weighted by Gasteiger charge is 2.16. The van der Waals surface area contributed by atoms with Gasteiger partial charge in [0.15, 0.2) is 6.10 Å².